The topological polar surface area (TPSA) is 72.9 Å². The molecule has 1 aromatic carbocycles. The first-order valence-corrected chi connectivity index (χ1v) is 16.7. The number of hydrogen-bond donors (Lipinski definition) is 0. The summed E-state index contributed by atoms with van der Waals surface area (Å²) in [6.07, 6.45) is 16.2. The minimum absolute atomic E-state index is 0.216. The van der Waals surface area contributed by atoms with E-state index in [0.29, 0.717) is 17.8 Å². The number of aromatic nitrogens is 1. The molecule has 1 saturated carbocycles. The molecule has 0 atom stereocenters. The van der Waals surface area contributed by atoms with E-state index in [1.165, 1.54) is 31.2 Å². The van der Waals surface area contributed by atoms with Gasteiger partial charge < -0.3 is 4.74 Å². The summed E-state index contributed by atoms with van der Waals surface area (Å²) in [4.78, 5) is 6.89. The van der Waals surface area contributed by atoms with Crippen LogP contribution in [0, 0.1) is 39.4 Å². The highest BCUT2D eigenvalue weighted by atomic mass is 16.5. The summed E-state index contributed by atoms with van der Waals surface area (Å²) >= 11 is 0. The number of pyridine rings is 1. The van der Waals surface area contributed by atoms with Gasteiger partial charge in [0.25, 0.3) is 0 Å². The van der Waals surface area contributed by atoms with Crippen molar-refractivity contribution >= 4 is 0 Å². The molecule has 2 aliphatic heterocycles. The molecule has 2 aromatic rings. The number of likely N-dealkylation sites (tertiary alicyclic amines) is 1. The number of rotatable bonds is 6. The van der Waals surface area contributed by atoms with Crippen LogP contribution in [0.5, 0.6) is 0 Å². The zero-order valence-corrected chi connectivity index (χ0v) is 28.5. The van der Waals surface area contributed by atoms with Crippen LogP contribution < -0.4 is 0 Å². The maximum Gasteiger partial charge on any atom is 0.0701 e. The monoisotopic (exact) mass is 598 g/mol. The summed E-state index contributed by atoms with van der Waals surface area (Å²) in [5.41, 5.74) is 4.28. The van der Waals surface area contributed by atoms with Crippen molar-refractivity contribution in [3.8, 4) is 23.4 Å². The average molecular weight is 599 g/mol. The number of allylic oxidation sites excluding steroid dienone is 3. The molecule has 1 spiro atoms. The van der Waals surface area contributed by atoms with Gasteiger partial charge in [-0.3, -0.25) is 9.88 Å². The number of nitriles is 2. The molecule has 3 fully saturated rings. The highest BCUT2D eigenvalue weighted by molar-refractivity contribution is 5.58. The third kappa shape index (κ3) is 13.6. The second-order valence-electron chi connectivity index (χ2n) is 11.9. The Kier molecular flexibility index (Phi) is 19.6. The molecule has 2 saturated heterocycles. The van der Waals surface area contributed by atoms with Gasteiger partial charge >= 0.3 is 0 Å². The maximum absolute atomic E-state index is 8.94. The molecule has 0 radical (unpaired) electrons. The highest BCUT2D eigenvalue weighted by Gasteiger charge is 2.41. The molecule has 0 N–H and O–H groups in total. The van der Waals surface area contributed by atoms with Crippen molar-refractivity contribution in [2.24, 2.45) is 16.7 Å². The first-order chi connectivity index (χ1) is 21.4. The molecule has 5 nitrogen and oxygen atoms in total. The van der Waals surface area contributed by atoms with Crippen molar-refractivity contribution < 1.29 is 4.74 Å². The van der Waals surface area contributed by atoms with Gasteiger partial charge in [-0.25, -0.2) is 0 Å². The van der Waals surface area contributed by atoms with Gasteiger partial charge in [0.1, 0.15) is 0 Å². The molecule has 3 aliphatic rings. The first kappa shape index (κ1) is 38.8. The standard InChI is InChI=1S/C20H23N3.C10H15NO.C5H8.2C2H6/c1-20(9-12-21)10-14-23(15-11-20)16-17-5-7-18(8-6-17)19-4-2-3-13-22-19;11-6-3-9-1-4-10(5-2-9)7-12-8-10;1-3-5-4-2;2*1-2/h2-8,13H,9-11,14-16H2,1H3;9H,1-5,7-8H2;3-5H,1H2,2H3;2*1-2H3/b;;5-4-;;. The molecule has 44 heavy (non-hydrogen) atoms. The number of nitrogens with zero attached hydrogens (tertiary/aromatic N) is 4. The minimum Gasteiger partial charge on any atom is -0.380 e. The fourth-order valence-electron chi connectivity index (χ4n) is 5.63. The molecular weight excluding hydrogens is 540 g/mol. The van der Waals surface area contributed by atoms with Crippen LogP contribution in [0.3, 0.4) is 0 Å². The zero-order valence-electron chi connectivity index (χ0n) is 28.5. The zero-order chi connectivity index (χ0) is 32.7. The summed E-state index contributed by atoms with van der Waals surface area (Å²) in [5.74, 6) is 0.682. The minimum atomic E-state index is 0.216. The van der Waals surface area contributed by atoms with Crippen molar-refractivity contribution in [1.29, 1.82) is 10.5 Å². The van der Waals surface area contributed by atoms with Crippen molar-refractivity contribution in [2.45, 2.75) is 99.5 Å². The van der Waals surface area contributed by atoms with Crippen molar-refractivity contribution in [1.82, 2.24) is 9.88 Å². The lowest BCUT2D eigenvalue weighted by molar-refractivity contribution is -0.136. The third-order valence-corrected chi connectivity index (χ3v) is 8.58. The number of ether oxygens (including phenoxy) is 1. The van der Waals surface area contributed by atoms with E-state index in [9.17, 15) is 0 Å². The van der Waals surface area contributed by atoms with Gasteiger partial charge in [-0.15, -0.1) is 0 Å². The summed E-state index contributed by atoms with van der Waals surface area (Å²) in [5, 5.41) is 17.5. The van der Waals surface area contributed by atoms with Crippen LogP contribution in [0.4, 0.5) is 0 Å². The van der Waals surface area contributed by atoms with E-state index in [2.05, 4.69) is 59.8 Å². The van der Waals surface area contributed by atoms with E-state index >= 15 is 0 Å². The predicted molar refractivity (Wildman–Crippen MR) is 186 cm³/mol. The van der Waals surface area contributed by atoms with Crippen LogP contribution in [-0.4, -0.2) is 36.2 Å². The second-order valence-corrected chi connectivity index (χ2v) is 11.9. The Labute approximate surface area is 269 Å². The molecule has 240 valence electrons. The lowest BCUT2D eigenvalue weighted by atomic mass is 9.69. The maximum atomic E-state index is 8.94. The largest absolute Gasteiger partial charge is 0.380 e. The van der Waals surface area contributed by atoms with Gasteiger partial charge in [-0.05, 0) is 87.6 Å². The molecule has 1 aromatic heterocycles. The number of hydrogen-bond acceptors (Lipinski definition) is 5. The molecular formula is C39H58N4O. The summed E-state index contributed by atoms with van der Waals surface area (Å²) in [6.45, 7) is 20.8. The number of piperidine rings is 1. The van der Waals surface area contributed by atoms with Gasteiger partial charge in [0, 0.05) is 36.6 Å². The van der Waals surface area contributed by atoms with Crippen LogP contribution in [0.25, 0.3) is 11.3 Å². The van der Waals surface area contributed by atoms with Gasteiger partial charge in [-0.2, -0.15) is 10.5 Å². The third-order valence-electron chi connectivity index (χ3n) is 8.58. The second kappa shape index (κ2) is 22.3. The van der Waals surface area contributed by atoms with Crippen molar-refractivity contribution in [2.75, 3.05) is 26.3 Å². The normalized spacial score (nSPS) is 18.1. The molecule has 3 heterocycles. The smallest absolute Gasteiger partial charge is 0.0701 e. The van der Waals surface area contributed by atoms with Gasteiger partial charge in [0.15, 0.2) is 0 Å². The predicted octanol–water partition coefficient (Wildman–Crippen LogP) is 10.2. The van der Waals surface area contributed by atoms with Gasteiger partial charge in [0.05, 0.1) is 31.0 Å². The molecule has 0 bridgehead atoms. The molecule has 0 unspecified atom stereocenters. The molecule has 0 amide bonds. The Bertz CT molecular complexity index is 1120. The lowest BCUT2D eigenvalue weighted by Gasteiger charge is -2.46. The van der Waals surface area contributed by atoms with E-state index in [-0.39, 0.29) is 5.41 Å². The van der Waals surface area contributed by atoms with Gasteiger partial charge in [-0.1, -0.05) is 89.8 Å². The Balaban J connectivity index is 0.000000384. The van der Waals surface area contributed by atoms with E-state index < -0.39 is 0 Å². The quantitative estimate of drug-likeness (QED) is 0.309. The lowest BCUT2D eigenvalue weighted by Crippen LogP contribution is -2.45. The van der Waals surface area contributed by atoms with Crippen molar-refractivity contribution in [3.05, 3.63) is 79.0 Å². The first-order valence-electron chi connectivity index (χ1n) is 16.7. The van der Waals surface area contributed by atoms with E-state index in [1.807, 2.05) is 71.2 Å². The van der Waals surface area contributed by atoms with Crippen molar-refractivity contribution in [3.63, 3.8) is 0 Å². The molecule has 5 rings (SSSR count). The van der Waals surface area contributed by atoms with Crippen LogP contribution in [-0.2, 0) is 11.3 Å². The summed E-state index contributed by atoms with van der Waals surface area (Å²) in [6, 6.07) is 19.3. The number of benzene rings is 1. The Hall–Kier alpha value is -3.25. The Morgan fingerprint density at radius 3 is 2.02 bits per heavy atom. The van der Waals surface area contributed by atoms with Crippen LogP contribution >= 0.6 is 0 Å². The van der Waals surface area contributed by atoms with Crippen LogP contribution in [0.2, 0.25) is 0 Å². The van der Waals surface area contributed by atoms with Crippen LogP contribution in [0.15, 0.2) is 73.5 Å². The highest BCUT2D eigenvalue weighted by Crippen LogP contribution is 2.44. The summed E-state index contributed by atoms with van der Waals surface area (Å²) in [7, 11) is 0. The van der Waals surface area contributed by atoms with Crippen LogP contribution in [0.1, 0.15) is 98.5 Å². The molecule has 5 heteroatoms. The van der Waals surface area contributed by atoms with E-state index in [0.717, 1.165) is 63.4 Å². The fraction of sp³-hybridized carbons (Fsp3) is 0.564. The Morgan fingerprint density at radius 2 is 1.59 bits per heavy atom. The van der Waals surface area contributed by atoms with E-state index in [1.54, 1.807) is 6.08 Å². The average Bonchev–Trinajstić information content (AvgIpc) is 3.06. The Morgan fingerprint density at radius 1 is 0.955 bits per heavy atom. The summed E-state index contributed by atoms with van der Waals surface area (Å²) < 4.78 is 5.25. The fourth-order valence-corrected chi connectivity index (χ4v) is 5.63. The van der Waals surface area contributed by atoms with Gasteiger partial charge in [0.2, 0.25) is 0 Å². The SMILES string of the molecule is C=C/C=C\C.CC.CC.CC1(CC#N)CCN(Cc2ccc(-c3ccccn3)cc2)CC1.N#CCC1CCC2(CC1)COC2. The van der Waals surface area contributed by atoms with E-state index in [4.69, 9.17) is 15.3 Å². The molecule has 1 aliphatic carbocycles.